The molecule has 0 N–H and O–H groups in total. The molecule has 4 aromatic carbocycles. The van der Waals surface area contributed by atoms with Gasteiger partial charge in [-0.3, -0.25) is 0 Å². The third kappa shape index (κ3) is 5.86. The highest BCUT2D eigenvalue weighted by Gasteiger charge is 2.33. The highest BCUT2D eigenvalue weighted by molar-refractivity contribution is 7.89. The van der Waals surface area contributed by atoms with Crippen molar-refractivity contribution in [3.8, 4) is 0 Å². The molecule has 0 fully saturated rings. The van der Waals surface area contributed by atoms with Gasteiger partial charge in [0.15, 0.2) is 0 Å². The zero-order valence-corrected chi connectivity index (χ0v) is 22.9. The Morgan fingerprint density at radius 2 is 0.676 bits per heavy atom. The second-order valence-electron chi connectivity index (χ2n) is 9.35. The number of rotatable bonds is 8. The minimum Gasteiger partial charge on any atom is -0.0653 e. The summed E-state index contributed by atoms with van der Waals surface area (Å²) in [6.45, 7) is 11.1. The molecule has 0 nitrogen and oxygen atoms in total. The van der Waals surface area contributed by atoms with Crippen molar-refractivity contribution in [2.75, 3.05) is 0 Å². The Balaban J connectivity index is 1.92. The van der Waals surface area contributed by atoms with Crippen LogP contribution in [0.4, 0.5) is 0 Å². The lowest BCUT2D eigenvalue weighted by Gasteiger charge is -2.36. The van der Waals surface area contributed by atoms with Crippen LogP contribution < -0.4 is 21.2 Å². The van der Waals surface area contributed by atoms with E-state index >= 15 is 0 Å². The van der Waals surface area contributed by atoms with Gasteiger partial charge in [-0.25, -0.2) is 0 Å². The Labute approximate surface area is 209 Å². The van der Waals surface area contributed by atoms with E-state index in [2.05, 4.69) is 132 Å². The van der Waals surface area contributed by atoms with Crippen molar-refractivity contribution in [2.24, 2.45) is 0 Å². The van der Waals surface area contributed by atoms with E-state index in [1.165, 1.54) is 56.3 Å². The third-order valence-electron chi connectivity index (χ3n) is 6.39. The maximum absolute atomic E-state index is 2.39. The van der Waals surface area contributed by atoms with E-state index in [9.17, 15) is 0 Å². The van der Waals surface area contributed by atoms with E-state index in [4.69, 9.17) is 0 Å². The van der Waals surface area contributed by atoms with Crippen LogP contribution in [0, 0.1) is 27.7 Å². The molecule has 0 saturated carbocycles. The molecule has 0 aromatic heterocycles. The summed E-state index contributed by atoms with van der Waals surface area (Å²) in [4.78, 5) is 0. The molecule has 0 bridgehead atoms. The first kappa shape index (κ1) is 24.9. The summed E-state index contributed by atoms with van der Waals surface area (Å²) in [5.74, 6) is 0. The maximum atomic E-state index is 2.39. The van der Waals surface area contributed by atoms with Gasteiger partial charge in [-0.1, -0.05) is 133 Å². The molecule has 0 saturated heterocycles. The lowest BCUT2D eigenvalue weighted by molar-refractivity contribution is 0.863. The van der Waals surface area contributed by atoms with Gasteiger partial charge in [0.25, 0.3) is 0 Å². The van der Waals surface area contributed by atoms with E-state index in [1.807, 2.05) is 0 Å². The molecule has 0 amide bonds. The summed E-state index contributed by atoms with van der Waals surface area (Å²) in [6.07, 6.45) is 2.42. The van der Waals surface area contributed by atoms with Crippen LogP contribution in [0.3, 0.4) is 0 Å². The quantitative estimate of drug-likeness (QED) is 0.227. The van der Waals surface area contributed by atoms with Gasteiger partial charge in [-0.15, -0.1) is 0 Å². The van der Waals surface area contributed by atoms with Crippen LogP contribution in [0.1, 0.15) is 42.0 Å². The predicted octanol–water partition coefficient (Wildman–Crippen LogP) is 7.61. The van der Waals surface area contributed by atoms with Gasteiger partial charge in [0.2, 0.25) is 0 Å². The van der Waals surface area contributed by atoms with Crippen LogP contribution in [-0.2, 0) is 0 Å². The Morgan fingerprint density at radius 1 is 0.441 bits per heavy atom. The summed E-state index contributed by atoms with van der Waals surface area (Å²) < 4.78 is 0. The van der Waals surface area contributed by atoms with Crippen LogP contribution in [-0.4, -0.2) is 5.40 Å². The molecule has 2 heteroatoms. The zero-order valence-electron chi connectivity index (χ0n) is 21.1. The molecule has 4 aromatic rings. The Hall–Kier alpha value is -2.26. The second kappa shape index (κ2) is 11.4. The molecule has 4 rings (SSSR count). The first-order chi connectivity index (χ1) is 16.5. The largest absolute Gasteiger partial charge is 0.0653 e. The molecule has 0 aliphatic carbocycles. The molecule has 0 aliphatic heterocycles. The minimum atomic E-state index is -0.518. The average Bonchev–Trinajstić information content (AvgIpc) is 2.84. The lowest BCUT2D eigenvalue weighted by atomic mass is 10.2. The van der Waals surface area contributed by atoms with Gasteiger partial charge in [-0.05, 0) is 71.2 Å². The summed E-state index contributed by atoms with van der Waals surface area (Å²) >= 11 is 0. The SMILES string of the molecule is CCCC(P(c1ccc(C)cc1)c1ccc(C)cc1)P(c1ccc(C)cc1)c1ccc(C)cc1. The van der Waals surface area contributed by atoms with Gasteiger partial charge in [-0.2, -0.15) is 0 Å². The number of hydrogen-bond donors (Lipinski definition) is 0. The van der Waals surface area contributed by atoms with Crippen molar-refractivity contribution in [2.45, 2.75) is 52.9 Å². The second-order valence-corrected chi connectivity index (χ2v) is 14.6. The fourth-order valence-corrected chi connectivity index (χ4v) is 11.9. The minimum absolute atomic E-state index is 0.518. The molecule has 174 valence electrons. The monoisotopic (exact) mass is 482 g/mol. The van der Waals surface area contributed by atoms with Crippen LogP contribution in [0.2, 0.25) is 0 Å². The average molecular weight is 483 g/mol. The van der Waals surface area contributed by atoms with Crippen LogP contribution >= 0.6 is 15.8 Å². The molecule has 34 heavy (non-hydrogen) atoms. The van der Waals surface area contributed by atoms with Crippen molar-refractivity contribution in [1.29, 1.82) is 0 Å². The Kier molecular flexibility index (Phi) is 8.37. The number of benzene rings is 4. The predicted molar refractivity (Wildman–Crippen MR) is 156 cm³/mol. The van der Waals surface area contributed by atoms with Crippen LogP contribution in [0.5, 0.6) is 0 Å². The standard InChI is InChI=1S/C32H36P2/c1-6-7-32(33(28-16-8-24(2)9-17-28)29-18-10-25(3)11-19-29)34(30-20-12-26(4)13-21-30)31-22-14-27(5)15-23-31/h8-23,32H,6-7H2,1-5H3. The zero-order chi connectivity index (χ0) is 24.1. The Bertz CT molecular complexity index is 988. The highest BCUT2D eigenvalue weighted by atomic mass is 31.2. The fraction of sp³-hybridized carbons (Fsp3) is 0.250. The van der Waals surface area contributed by atoms with E-state index in [0.29, 0.717) is 5.40 Å². The maximum Gasteiger partial charge on any atom is 0.0154 e. The first-order valence-corrected chi connectivity index (χ1v) is 15.1. The van der Waals surface area contributed by atoms with E-state index in [-0.39, 0.29) is 0 Å². The molecule has 0 aliphatic rings. The summed E-state index contributed by atoms with van der Waals surface area (Å²) in [7, 11) is -1.04. The molecular weight excluding hydrogens is 446 g/mol. The summed E-state index contributed by atoms with van der Waals surface area (Å²) in [5, 5.41) is 6.55. The normalized spacial score (nSPS) is 11.5. The molecule has 0 radical (unpaired) electrons. The molecular formula is C32H36P2. The van der Waals surface area contributed by atoms with E-state index in [0.717, 1.165) is 0 Å². The van der Waals surface area contributed by atoms with Crippen molar-refractivity contribution in [1.82, 2.24) is 0 Å². The molecule has 0 atom stereocenters. The molecule has 0 spiro atoms. The van der Waals surface area contributed by atoms with Crippen molar-refractivity contribution >= 4 is 37.1 Å². The first-order valence-electron chi connectivity index (χ1n) is 12.3. The number of hydrogen-bond acceptors (Lipinski definition) is 0. The van der Waals surface area contributed by atoms with Gasteiger partial charge in [0.1, 0.15) is 0 Å². The van der Waals surface area contributed by atoms with Crippen molar-refractivity contribution in [3.05, 3.63) is 119 Å². The van der Waals surface area contributed by atoms with E-state index < -0.39 is 15.8 Å². The summed E-state index contributed by atoms with van der Waals surface area (Å²) in [6, 6.07) is 37.5. The topological polar surface area (TPSA) is 0 Å². The van der Waals surface area contributed by atoms with Crippen molar-refractivity contribution in [3.63, 3.8) is 0 Å². The Morgan fingerprint density at radius 3 is 0.882 bits per heavy atom. The van der Waals surface area contributed by atoms with E-state index in [1.54, 1.807) is 0 Å². The van der Waals surface area contributed by atoms with Crippen LogP contribution in [0.25, 0.3) is 0 Å². The number of aryl methyl sites for hydroxylation is 4. The van der Waals surface area contributed by atoms with Gasteiger partial charge in [0, 0.05) is 5.40 Å². The highest BCUT2D eigenvalue weighted by Crippen LogP contribution is 2.58. The van der Waals surface area contributed by atoms with Gasteiger partial charge in [0.05, 0.1) is 0 Å². The summed E-state index contributed by atoms with van der Waals surface area (Å²) in [5.41, 5.74) is 5.31. The third-order valence-corrected chi connectivity index (χ3v) is 12.9. The fourth-order valence-electron chi connectivity index (χ4n) is 4.44. The molecule has 0 unspecified atom stereocenters. The lowest BCUT2D eigenvalue weighted by Crippen LogP contribution is -2.27. The van der Waals surface area contributed by atoms with Gasteiger partial charge >= 0.3 is 0 Å². The van der Waals surface area contributed by atoms with Crippen molar-refractivity contribution < 1.29 is 0 Å². The smallest absolute Gasteiger partial charge is 0.0154 e. The van der Waals surface area contributed by atoms with Gasteiger partial charge < -0.3 is 0 Å². The van der Waals surface area contributed by atoms with Crippen LogP contribution in [0.15, 0.2) is 97.1 Å². The molecule has 0 heterocycles.